The van der Waals surface area contributed by atoms with E-state index in [1.165, 1.54) is 3.22 Å². The van der Waals surface area contributed by atoms with Crippen molar-refractivity contribution in [3.05, 3.63) is 30.6 Å². The number of esters is 1. The molecule has 0 aliphatic carbocycles. The second kappa shape index (κ2) is 6.41. The highest BCUT2D eigenvalue weighted by molar-refractivity contribution is 5.97. The van der Waals surface area contributed by atoms with E-state index < -0.39 is 5.97 Å². The van der Waals surface area contributed by atoms with Crippen LogP contribution in [0.1, 0.15) is 13.3 Å². The first-order valence-corrected chi connectivity index (χ1v) is 5.72. The van der Waals surface area contributed by atoms with Crippen LogP contribution in [0.2, 0.25) is 0 Å². The van der Waals surface area contributed by atoms with E-state index in [0.717, 1.165) is 0 Å². The second-order valence-corrected chi connectivity index (χ2v) is 3.81. The molecule has 0 aliphatic heterocycles. The van der Waals surface area contributed by atoms with Crippen molar-refractivity contribution in [3.63, 3.8) is 0 Å². The molecular formula is C10H12IN2O3. The minimum absolute atomic E-state index is 0.251. The maximum atomic E-state index is 11.6. The minimum Gasteiger partial charge on any atom is -0.576 e. The fraction of sp³-hybridized carbons (Fsp3) is 0.300. The van der Waals surface area contributed by atoms with E-state index in [9.17, 15) is 9.59 Å². The number of hydrogen-bond acceptors (Lipinski definition) is 3. The number of ether oxygens (including phenoxy) is 1. The maximum absolute atomic E-state index is 11.6. The van der Waals surface area contributed by atoms with Gasteiger partial charge >= 0.3 is 5.97 Å². The number of nitrogens with zero attached hydrogens (tertiary/aromatic N) is 2. The van der Waals surface area contributed by atoms with Gasteiger partial charge in [-0.3, -0.25) is 12.8 Å². The molecule has 0 saturated heterocycles. The van der Waals surface area contributed by atoms with Crippen molar-refractivity contribution in [2.45, 2.75) is 13.3 Å². The summed E-state index contributed by atoms with van der Waals surface area (Å²) in [6.45, 7) is 1.99. The van der Waals surface area contributed by atoms with Crippen LogP contribution in [0.4, 0.5) is 0 Å². The summed E-state index contributed by atoms with van der Waals surface area (Å²) >= 11 is 1.83. The van der Waals surface area contributed by atoms with Crippen molar-refractivity contribution in [3.8, 4) is 0 Å². The number of amides is 1. The standard InChI is InChI=1S/C10H12IN2O3/c1-2-16-10(15)8-9(14)13(11)12-6-4-3-5-7-12/h3-7H,2,8H2,1H3. The molecule has 0 saturated carbocycles. The summed E-state index contributed by atoms with van der Waals surface area (Å²) in [7, 11) is 0. The molecule has 0 aromatic carbocycles. The largest absolute Gasteiger partial charge is 0.576 e. The number of carbonyl (C=O) groups is 2. The van der Waals surface area contributed by atoms with Gasteiger partial charge in [-0.25, -0.2) is 0 Å². The lowest BCUT2D eigenvalue weighted by molar-refractivity contribution is -0.798. The molecule has 1 aromatic heterocycles. The highest BCUT2D eigenvalue weighted by atomic mass is 127. The lowest BCUT2D eigenvalue weighted by Gasteiger charge is -2.20. The van der Waals surface area contributed by atoms with Gasteiger partial charge in [-0.2, -0.15) is 0 Å². The van der Waals surface area contributed by atoms with E-state index in [1.807, 2.05) is 28.9 Å². The van der Waals surface area contributed by atoms with Gasteiger partial charge < -0.3 is 27.6 Å². The van der Waals surface area contributed by atoms with Gasteiger partial charge in [0.25, 0.3) is 5.91 Å². The molecule has 1 rings (SSSR count). The first-order valence-electron chi connectivity index (χ1n) is 4.76. The molecule has 0 atom stereocenters. The van der Waals surface area contributed by atoms with Crippen molar-refractivity contribution in [2.75, 3.05) is 9.83 Å². The summed E-state index contributed by atoms with van der Waals surface area (Å²) < 4.78 is 7.61. The fourth-order valence-corrected chi connectivity index (χ4v) is 1.49. The molecule has 87 valence electrons. The van der Waals surface area contributed by atoms with Gasteiger partial charge in [0.1, 0.15) is 6.42 Å². The number of pyridine rings is 1. The van der Waals surface area contributed by atoms with Gasteiger partial charge in [0.05, 0.1) is 6.61 Å². The van der Waals surface area contributed by atoms with Crippen molar-refractivity contribution >= 4 is 11.9 Å². The average molecular weight is 335 g/mol. The fourth-order valence-electron chi connectivity index (χ4n) is 1.04. The van der Waals surface area contributed by atoms with Gasteiger partial charge in [0, 0.05) is 12.1 Å². The molecule has 16 heavy (non-hydrogen) atoms. The molecule has 0 N–H and O–H groups in total. The molecule has 5 nitrogen and oxygen atoms in total. The van der Waals surface area contributed by atoms with Crippen molar-refractivity contribution in [1.29, 1.82) is 0 Å². The molecule has 1 amide bonds. The van der Waals surface area contributed by atoms with Crippen LogP contribution in [-0.2, 0) is 14.3 Å². The Hall–Kier alpha value is -1.18. The van der Waals surface area contributed by atoms with Crippen LogP contribution >= 0.6 is 0 Å². The number of aromatic nitrogens is 1. The molecule has 1 radical (unpaired) electrons. The average Bonchev–Trinajstić information content (AvgIpc) is 2.29. The van der Waals surface area contributed by atoms with Gasteiger partial charge in [0.15, 0.2) is 12.4 Å². The zero-order valence-electron chi connectivity index (χ0n) is 8.80. The van der Waals surface area contributed by atoms with Crippen LogP contribution in [-0.4, -0.2) is 18.5 Å². The summed E-state index contributed by atoms with van der Waals surface area (Å²) in [6, 6.07) is 5.43. The molecular weight excluding hydrogens is 323 g/mol. The zero-order valence-corrected chi connectivity index (χ0v) is 11.0. The van der Waals surface area contributed by atoms with E-state index >= 15 is 0 Å². The first-order chi connectivity index (χ1) is 7.65. The maximum Gasteiger partial charge on any atom is 0.315 e. The molecule has 6 heteroatoms. The first kappa shape index (κ1) is 12.9. The summed E-state index contributed by atoms with van der Waals surface area (Å²) in [6.07, 6.45) is 3.18. The lowest BCUT2D eigenvalue weighted by Crippen LogP contribution is -3.46. The van der Waals surface area contributed by atoms with Crippen LogP contribution in [0.5, 0.6) is 0 Å². The van der Waals surface area contributed by atoms with Crippen molar-refractivity contribution in [2.24, 2.45) is 0 Å². The molecule has 1 aromatic rings. The normalized spacial score (nSPS) is 9.62. The highest BCUT2D eigenvalue weighted by Crippen LogP contribution is 1.87. The summed E-state index contributed by atoms with van der Waals surface area (Å²) in [5.74, 6) is -0.832. The van der Waals surface area contributed by atoms with Crippen LogP contribution in [0.15, 0.2) is 30.6 Å². The molecule has 1 heterocycles. The van der Waals surface area contributed by atoms with E-state index in [1.54, 1.807) is 36.1 Å². The molecule has 0 aliphatic rings. The quantitative estimate of drug-likeness (QED) is 0.192. The monoisotopic (exact) mass is 335 g/mol. The van der Waals surface area contributed by atoms with Gasteiger partial charge in [0.2, 0.25) is 0 Å². The molecule has 0 spiro atoms. The predicted octanol–water partition coefficient (Wildman–Crippen LogP) is -3.14. The van der Waals surface area contributed by atoms with Gasteiger partial charge in [-0.05, 0) is 6.92 Å². The predicted molar refractivity (Wildman–Crippen MR) is 51.1 cm³/mol. The van der Waals surface area contributed by atoms with Crippen molar-refractivity contribution in [1.82, 2.24) is 0 Å². The van der Waals surface area contributed by atoms with Crippen LogP contribution in [0.3, 0.4) is 0 Å². The number of halogens is 1. The topological polar surface area (TPSA) is 50.5 Å². The molecule has 0 unspecified atom stereocenters. The smallest absolute Gasteiger partial charge is 0.315 e. The third kappa shape index (κ3) is 3.76. The Balaban J connectivity index is 2.58. The van der Waals surface area contributed by atoms with Crippen molar-refractivity contribution < 1.29 is 41.9 Å². The van der Waals surface area contributed by atoms with Crippen LogP contribution < -0.4 is 30.8 Å². The number of carbonyl (C=O) groups excluding carboxylic acids is 2. The Kier molecular flexibility index (Phi) is 5.17. The zero-order chi connectivity index (χ0) is 12.0. The summed E-state index contributed by atoms with van der Waals surface area (Å²) in [4.78, 5) is 22.7. The molecule has 0 fully saturated rings. The Morgan fingerprint density at radius 3 is 2.50 bits per heavy atom. The number of hydrogen-bond donors (Lipinski definition) is 0. The third-order valence-corrected chi connectivity index (χ3v) is 2.75. The Labute approximate surface area is 107 Å². The second-order valence-electron chi connectivity index (χ2n) is 2.89. The van der Waals surface area contributed by atoms with Gasteiger partial charge in [-0.1, -0.05) is 6.07 Å². The highest BCUT2D eigenvalue weighted by Gasteiger charge is 2.15. The third-order valence-electron chi connectivity index (χ3n) is 1.71. The van der Waals surface area contributed by atoms with E-state index in [2.05, 4.69) is 0 Å². The van der Waals surface area contributed by atoms with Crippen LogP contribution in [0, 0.1) is 0 Å². The van der Waals surface area contributed by atoms with Gasteiger partial charge in [-0.15, -0.1) is 4.68 Å². The van der Waals surface area contributed by atoms with E-state index in [4.69, 9.17) is 4.74 Å². The van der Waals surface area contributed by atoms with Crippen LogP contribution in [0.25, 0.3) is 0 Å². The number of rotatable bonds is 4. The summed E-state index contributed by atoms with van der Waals surface area (Å²) in [5.41, 5.74) is 0. The summed E-state index contributed by atoms with van der Waals surface area (Å²) in [5, 5.41) is 0. The lowest BCUT2D eigenvalue weighted by atomic mass is 10.4. The van der Waals surface area contributed by atoms with E-state index in [-0.39, 0.29) is 18.9 Å². The van der Waals surface area contributed by atoms with E-state index in [0.29, 0.717) is 0 Å². The Morgan fingerprint density at radius 1 is 1.31 bits per heavy atom. The Bertz CT molecular complexity index is 370. The Morgan fingerprint density at radius 2 is 1.94 bits per heavy atom. The minimum atomic E-state index is -0.509. The molecule has 0 bridgehead atoms. The SMILES string of the molecule is CCOC(=O)CC(=O)N([I-])[n+]1ccccc1.